The molecule has 6 heteroatoms. The number of para-hydroxylation sites is 1. The Bertz CT molecular complexity index is 848. The maximum atomic E-state index is 12.1. The van der Waals surface area contributed by atoms with Crippen molar-refractivity contribution in [2.24, 2.45) is 5.92 Å². The van der Waals surface area contributed by atoms with Gasteiger partial charge in [0.2, 0.25) is 0 Å². The molecule has 2 N–H and O–H groups in total. The Hall–Kier alpha value is -2.34. The largest absolute Gasteiger partial charge is 0.468 e. The third-order valence-electron chi connectivity index (χ3n) is 5.13. The van der Waals surface area contributed by atoms with E-state index in [9.17, 15) is 9.59 Å². The third-order valence-corrected chi connectivity index (χ3v) is 5.13. The minimum Gasteiger partial charge on any atom is -0.468 e. The molecule has 0 aliphatic carbocycles. The van der Waals surface area contributed by atoms with Gasteiger partial charge in [-0.1, -0.05) is 18.2 Å². The van der Waals surface area contributed by atoms with Gasteiger partial charge in [0, 0.05) is 23.5 Å². The van der Waals surface area contributed by atoms with Crippen LogP contribution < -0.4 is 5.32 Å². The number of aromatic nitrogens is 1. The van der Waals surface area contributed by atoms with Crippen molar-refractivity contribution in [1.82, 2.24) is 10.3 Å². The lowest BCUT2D eigenvalue weighted by molar-refractivity contribution is -0.155. The molecule has 2 rings (SSSR count). The summed E-state index contributed by atoms with van der Waals surface area (Å²) < 4.78 is 10.3. The first-order chi connectivity index (χ1) is 14.0. The van der Waals surface area contributed by atoms with E-state index in [1.54, 1.807) is 0 Å². The summed E-state index contributed by atoms with van der Waals surface area (Å²) in [5, 5.41) is 4.56. The number of carbonyl (C=O) groups is 2. The van der Waals surface area contributed by atoms with Crippen LogP contribution in [0.3, 0.4) is 0 Å². The number of hydrogen-bond acceptors (Lipinski definition) is 5. The van der Waals surface area contributed by atoms with Crippen molar-refractivity contribution in [3.63, 3.8) is 0 Å². The molecule has 0 radical (unpaired) electrons. The topological polar surface area (TPSA) is 80.4 Å². The van der Waals surface area contributed by atoms with E-state index >= 15 is 0 Å². The maximum Gasteiger partial charge on any atom is 0.325 e. The Kier molecular flexibility index (Phi) is 8.07. The van der Waals surface area contributed by atoms with E-state index < -0.39 is 11.1 Å². The van der Waals surface area contributed by atoms with Gasteiger partial charge in [0.15, 0.2) is 0 Å². The highest BCUT2D eigenvalue weighted by Gasteiger charge is 2.29. The first-order valence-electron chi connectivity index (χ1n) is 10.6. The third kappa shape index (κ3) is 7.17. The lowest BCUT2D eigenvalue weighted by Gasteiger charge is -2.27. The minimum atomic E-state index is -0.765. The molecule has 30 heavy (non-hydrogen) atoms. The second-order valence-electron chi connectivity index (χ2n) is 9.41. The smallest absolute Gasteiger partial charge is 0.325 e. The fourth-order valence-electron chi connectivity index (χ4n) is 3.54. The number of carbonyl (C=O) groups excluding carboxylic acids is 2. The Morgan fingerprint density at radius 1 is 1.13 bits per heavy atom. The van der Waals surface area contributed by atoms with Gasteiger partial charge in [-0.2, -0.15) is 0 Å². The standard InChI is InChI=1S/C24H36N2O4/c1-23(2,3)30-21(27)13-9-10-17(15-26-24(4,5)22(28)29-6)14-18-16-25-20-12-8-7-11-19(18)20/h7-8,11-12,16-17,25-26H,9-10,13-15H2,1-6H3. The fourth-order valence-corrected chi connectivity index (χ4v) is 3.54. The number of aromatic amines is 1. The molecule has 0 aliphatic rings. The number of H-pyrrole nitrogens is 1. The van der Waals surface area contributed by atoms with Crippen molar-refractivity contribution in [1.29, 1.82) is 0 Å². The van der Waals surface area contributed by atoms with Gasteiger partial charge in [-0.25, -0.2) is 0 Å². The molecule has 1 heterocycles. The predicted octanol–water partition coefficient (Wildman–Crippen LogP) is 4.38. The molecule has 2 aromatic rings. The van der Waals surface area contributed by atoms with E-state index in [4.69, 9.17) is 9.47 Å². The van der Waals surface area contributed by atoms with Crippen LogP contribution in [-0.4, -0.2) is 41.7 Å². The van der Waals surface area contributed by atoms with Crippen molar-refractivity contribution in [3.05, 3.63) is 36.0 Å². The molecule has 6 nitrogen and oxygen atoms in total. The normalized spacial score (nSPS) is 13.3. The molecule has 0 fully saturated rings. The number of ether oxygens (including phenoxy) is 2. The van der Waals surface area contributed by atoms with Crippen LogP contribution in [0.25, 0.3) is 10.9 Å². The summed E-state index contributed by atoms with van der Waals surface area (Å²) in [5.74, 6) is -0.200. The highest BCUT2D eigenvalue weighted by atomic mass is 16.6. The molecular formula is C24H36N2O4. The van der Waals surface area contributed by atoms with Crippen molar-refractivity contribution in [2.45, 2.75) is 71.4 Å². The van der Waals surface area contributed by atoms with Gasteiger partial charge >= 0.3 is 11.9 Å². The second kappa shape index (κ2) is 10.1. The fraction of sp³-hybridized carbons (Fsp3) is 0.583. The van der Waals surface area contributed by atoms with E-state index in [1.807, 2.05) is 46.8 Å². The summed E-state index contributed by atoms with van der Waals surface area (Å²) >= 11 is 0. The summed E-state index contributed by atoms with van der Waals surface area (Å²) in [7, 11) is 1.40. The van der Waals surface area contributed by atoms with Crippen molar-refractivity contribution in [2.75, 3.05) is 13.7 Å². The molecule has 166 valence electrons. The first kappa shape index (κ1) is 23.9. The lowest BCUT2D eigenvalue weighted by Crippen LogP contribution is -2.49. The number of rotatable bonds is 10. The van der Waals surface area contributed by atoms with Gasteiger partial charge in [-0.3, -0.25) is 9.59 Å². The van der Waals surface area contributed by atoms with Gasteiger partial charge in [0.05, 0.1) is 7.11 Å². The Balaban J connectivity index is 2.04. The van der Waals surface area contributed by atoms with E-state index in [1.165, 1.54) is 18.1 Å². The van der Waals surface area contributed by atoms with Gasteiger partial charge < -0.3 is 19.8 Å². The van der Waals surface area contributed by atoms with Crippen molar-refractivity contribution in [3.8, 4) is 0 Å². The molecule has 0 spiro atoms. The van der Waals surface area contributed by atoms with Gasteiger partial charge in [0.25, 0.3) is 0 Å². The second-order valence-corrected chi connectivity index (χ2v) is 9.41. The summed E-state index contributed by atoms with van der Waals surface area (Å²) in [5.41, 5.74) is 1.12. The zero-order chi connectivity index (χ0) is 22.4. The van der Waals surface area contributed by atoms with Gasteiger partial charge in [0.1, 0.15) is 11.1 Å². The summed E-state index contributed by atoms with van der Waals surface area (Å²) in [6.07, 6.45) is 4.88. The van der Waals surface area contributed by atoms with Crippen LogP contribution in [-0.2, 0) is 25.5 Å². The molecule has 1 unspecified atom stereocenters. The number of esters is 2. The SMILES string of the molecule is COC(=O)C(C)(C)NCC(CCCC(=O)OC(C)(C)C)Cc1c[nH]c2ccccc12. The van der Waals surface area contributed by atoms with E-state index in [2.05, 4.69) is 28.6 Å². The van der Waals surface area contributed by atoms with E-state index in [-0.39, 0.29) is 17.9 Å². The molecule has 0 aliphatic heterocycles. The molecule has 0 bridgehead atoms. The number of benzene rings is 1. The van der Waals surface area contributed by atoms with Crippen LogP contribution >= 0.6 is 0 Å². The average molecular weight is 417 g/mol. The molecule has 0 saturated carbocycles. The zero-order valence-corrected chi connectivity index (χ0v) is 19.1. The maximum absolute atomic E-state index is 12.1. The summed E-state index contributed by atoms with van der Waals surface area (Å²) in [6.45, 7) is 9.93. The number of fused-ring (bicyclic) bond motifs is 1. The van der Waals surface area contributed by atoms with Gasteiger partial charge in [-0.05, 0) is 78.0 Å². The van der Waals surface area contributed by atoms with E-state index in [0.29, 0.717) is 13.0 Å². The number of hydrogen-bond donors (Lipinski definition) is 2. The summed E-state index contributed by atoms with van der Waals surface area (Å²) in [6, 6.07) is 8.23. The van der Waals surface area contributed by atoms with Gasteiger partial charge in [-0.15, -0.1) is 0 Å². The molecule has 1 atom stereocenters. The van der Waals surface area contributed by atoms with Crippen molar-refractivity contribution >= 4 is 22.8 Å². The zero-order valence-electron chi connectivity index (χ0n) is 19.1. The van der Waals surface area contributed by atoms with Crippen LogP contribution in [0.15, 0.2) is 30.5 Å². The molecule has 1 aromatic carbocycles. The Morgan fingerprint density at radius 3 is 2.50 bits per heavy atom. The quantitative estimate of drug-likeness (QED) is 0.562. The van der Waals surface area contributed by atoms with Crippen LogP contribution in [0.1, 0.15) is 59.4 Å². The average Bonchev–Trinajstić information content (AvgIpc) is 3.06. The van der Waals surface area contributed by atoms with Crippen LogP contribution in [0.5, 0.6) is 0 Å². The van der Waals surface area contributed by atoms with Crippen LogP contribution in [0.4, 0.5) is 0 Å². The highest BCUT2D eigenvalue weighted by Crippen LogP contribution is 2.24. The van der Waals surface area contributed by atoms with E-state index in [0.717, 1.165) is 24.8 Å². The van der Waals surface area contributed by atoms with Crippen LogP contribution in [0.2, 0.25) is 0 Å². The molecule has 0 amide bonds. The Morgan fingerprint density at radius 2 is 1.83 bits per heavy atom. The molecule has 1 aromatic heterocycles. The monoisotopic (exact) mass is 416 g/mol. The minimum absolute atomic E-state index is 0.170. The number of methoxy groups -OCH3 is 1. The first-order valence-corrected chi connectivity index (χ1v) is 10.6. The Labute approximate surface area is 179 Å². The van der Waals surface area contributed by atoms with Crippen LogP contribution in [0, 0.1) is 5.92 Å². The predicted molar refractivity (Wildman–Crippen MR) is 119 cm³/mol. The number of nitrogens with one attached hydrogen (secondary N) is 2. The lowest BCUT2D eigenvalue weighted by atomic mass is 9.92. The highest BCUT2D eigenvalue weighted by molar-refractivity contribution is 5.83. The molecular weight excluding hydrogens is 380 g/mol. The molecule has 0 saturated heterocycles. The summed E-state index contributed by atoms with van der Waals surface area (Å²) in [4.78, 5) is 27.4. The van der Waals surface area contributed by atoms with Crippen molar-refractivity contribution < 1.29 is 19.1 Å².